The van der Waals surface area contributed by atoms with Crippen LogP contribution >= 0.6 is 0 Å². The molecule has 36 heavy (non-hydrogen) atoms. The third-order valence-electron chi connectivity index (χ3n) is 6.52. The Morgan fingerprint density at radius 3 is 2.58 bits per heavy atom. The van der Waals surface area contributed by atoms with Crippen molar-refractivity contribution in [3.05, 3.63) is 107 Å². The van der Waals surface area contributed by atoms with Gasteiger partial charge in [0.1, 0.15) is 0 Å². The lowest BCUT2D eigenvalue weighted by Crippen LogP contribution is -2.32. The third kappa shape index (κ3) is 4.02. The van der Waals surface area contributed by atoms with E-state index in [9.17, 15) is 14.7 Å². The van der Waals surface area contributed by atoms with E-state index in [0.29, 0.717) is 28.2 Å². The number of furan rings is 1. The van der Waals surface area contributed by atoms with Crippen molar-refractivity contribution < 1.29 is 28.8 Å². The topological polar surface area (TPSA) is 97.0 Å². The zero-order chi connectivity index (χ0) is 25.4. The summed E-state index contributed by atoms with van der Waals surface area (Å²) in [5.74, 6) is -1.35. The van der Waals surface area contributed by atoms with Crippen LogP contribution in [0.25, 0.3) is 11.0 Å². The fourth-order valence-corrected chi connectivity index (χ4v) is 4.61. The largest absolute Gasteiger partial charge is 0.868 e. The lowest BCUT2D eigenvalue weighted by atomic mass is 9.92. The van der Waals surface area contributed by atoms with E-state index >= 15 is 0 Å². The highest BCUT2D eigenvalue weighted by Gasteiger charge is 2.40. The number of methoxy groups -OCH3 is 1. The molecule has 0 spiro atoms. The molecular formula is C29H26N2O5. The van der Waals surface area contributed by atoms with Gasteiger partial charge in [0, 0.05) is 22.6 Å². The predicted molar refractivity (Wildman–Crippen MR) is 131 cm³/mol. The van der Waals surface area contributed by atoms with Crippen LogP contribution in [0.2, 0.25) is 0 Å². The first-order chi connectivity index (χ1) is 17.4. The van der Waals surface area contributed by atoms with Crippen LogP contribution in [0.1, 0.15) is 53.1 Å². The lowest BCUT2D eigenvalue weighted by Gasteiger charge is -2.27. The SMILES string of the molecule is COc1cccc2cc(C(=O)C3=C([O-])C(=O)N(Cc4ccc[nH+]c4)C3c3ccc(C(C)C)cc3)oc12. The summed E-state index contributed by atoms with van der Waals surface area (Å²) in [4.78, 5) is 31.4. The molecule has 2 aromatic heterocycles. The van der Waals surface area contributed by atoms with Crippen LogP contribution in [0.4, 0.5) is 0 Å². The van der Waals surface area contributed by atoms with Crippen LogP contribution in [-0.4, -0.2) is 23.7 Å². The van der Waals surface area contributed by atoms with Gasteiger partial charge in [0.25, 0.3) is 0 Å². The number of amides is 1. The van der Waals surface area contributed by atoms with Gasteiger partial charge >= 0.3 is 0 Å². The lowest BCUT2D eigenvalue weighted by molar-refractivity contribution is -0.378. The molecule has 1 N–H and O–H groups in total. The summed E-state index contributed by atoms with van der Waals surface area (Å²) >= 11 is 0. The van der Waals surface area contributed by atoms with Gasteiger partial charge in [-0.2, -0.15) is 0 Å². The Balaban J connectivity index is 1.60. The number of Topliss-reactive ketones (excluding diaryl/α,β-unsaturated/α-hetero) is 1. The van der Waals surface area contributed by atoms with Crippen molar-refractivity contribution in [3.8, 4) is 5.75 Å². The van der Waals surface area contributed by atoms with E-state index < -0.39 is 23.5 Å². The number of H-pyrrole nitrogens is 1. The third-order valence-corrected chi connectivity index (χ3v) is 6.52. The molecule has 1 unspecified atom stereocenters. The summed E-state index contributed by atoms with van der Waals surface area (Å²) in [6.07, 6.45) is 3.53. The van der Waals surface area contributed by atoms with Gasteiger partial charge in [0.05, 0.1) is 19.7 Å². The summed E-state index contributed by atoms with van der Waals surface area (Å²) in [5.41, 5.74) is 2.92. The number of aromatic nitrogens is 1. The number of hydrogen-bond donors (Lipinski definition) is 0. The smallest absolute Gasteiger partial charge is 0.240 e. The summed E-state index contributed by atoms with van der Waals surface area (Å²) in [7, 11) is 1.52. The van der Waals surface area contributed by atoms with E-state index in [1.165, 1.54) is 12.0 Å². The second kappa shape index (κ2) is 9.34. The molecule has 5 rings (SSSR count). The molecule has 0 fully saturated rings. The first-order valence-electron chi connectivity index (χ1n) is 11.8. The van der Waals surface area contributed by atoms with Crippen LogP contribution in [-0.2, 0) is 11.3 Å². The molecule has 2 aromatic carbocycles. The molecule has 7 heteroatoms. The maximum Gasteiger partial charge on any atom is 0.240 e. The molecule has 1 aliphatic heterocycles. The first kappa shape index (κ1) is 23.4. The average Bonchev–Trinajstić information content (AvgIpc) is 3.44. The van der Waals surface area contributed by atoms with Crippen molar-refractivity contribution in [2.75, 3.05) is 7.11 Å². The van der Waals surface area contributed by atoms with Gasteiger partial charge in [-0.05, 0) is 41.0 Å². The highest BCUT2D eigenvalue weighted by atomic mass is 16.5. The number of nitrogens with one attached hydrogen (secondary N) is 1. The number of fused-ring (bicyclic) bond motifs is 1. The predicted octanol–water partition coefficient (Wildman–Crippen LogP) is 3.96. The zero-order valence-corrected chi connectivity index (χ0v) is 20.3. The van der Waals surface area contributed by atoms with Crippen LogP contribution in [0.15, 0.2) is 88.8 Å². The van der Waals surface area contributed by atoms with Gasteiger partial charge in [0.2, 0.25) is 11.7 Å². The number of aromatic amines is 1. The van der Waals surface area contributed by atoms with E-state index in [4.69, 9.17) is 9.15 Å². The number of ketones is 1. The Bertz CT molecular complexity index is 1470. The Kier molecular flexibility index (Phi) is 6.06. The van der Waals surface area contributed by atoms with Crippen molar-refractivity contribution in [1.29, 1.82) is 0 Å². The zero-order valence-electron chi connectivity index (χ0n) is 20.3. The van der Waals surface area contributed by atoms with Gasteiger partial charge in [-0.25, -0.2) is 4.98 Å². The van der Waals surface area contributed by atoms with Gasteiger partial charge in [-0.3, -0.25) is 9.59 Å². The quantitative estimate of drug-likeness (QED) is 0.372. The minimum Gasteiger partial charge on any atom is -0.868 e. The molecule has 1 atom stereocenters. The molecule has 182 valence electrons. The van der Waals surface area contributed by atoms with Gasteiger partial charge in [-0.1, -0.05) is 50.2 Å². The maximum absolute atomic E-state index is 13.8. The van der Waals surface area contributed by atoms with Crippen LogP contribution in [0.3, 0.4) is 0 Å². The van der Waals surface area contributed by atoms with Crippen molar-refractivity contribution >= 4 is 22.7 Å². The number of pyridine rings is 1. The van der Waals surface area contributed by atoms with Crippen molar-refractivity contribution in [2.45, 2.75) is 32.4 Å². The monoisotopic (exact) mass is 482 g/mol. The van der Waals surface area contributed by atoms with E-state index in [1.807, 2.05) is 36.4 Å². The fraction of sp³-hybridized carbons (Fsp3) is 0.207. The number of carbonyl (C=O) groups excluding carboxylic acids is 2. The molecule has 0 aliphatic carbocycles. The molecule has 0 bridgehead atoms. The minimum atomic E-state index is -0.839. The molecule has 0 saturated carbocycles. The highest BCUT2D eigenvalue weighted by molar-refractivity contribution is 6.15. The van der Waals surface area contributed by atoms with Crippen molar-refractivity contribution in [3.63, 3.8) is 0 Å². The maximum atomic E-state index is 13.8. The standard InChI is InChI=1S/C29H26N2O5/c1-17(2)19-9-11-20(12-10-19)25-24(27(33)29(34)31(25)16-18-6-5-13-30-15-18)26(32)23-14-21-7-4-8-22(35-3)28(21)36-23/h4-15,17,25,33H,16H2,1-3H3. The number of ether oxygens (including phenoxy) is 1. The fourth-order valence-electron chi connectivity index (χ4n) is 4.61. The Morgan fingerprint density at radius 2 is 1.92 bits per heavy atom. The van der Waals surface area contributed by atoms with Crippen molar-refractivity contribution in [1.82, 2.24) is 4.90 Å². The Morgan fingerprint density at radius 1 is 1.14 bits per heavy atom. The summed E-state index contributed by atoms with van der Waals surface area (Å²) in [6, 6.07) is 17.4. The molecular weight excluding hydrogens is 456 g/mol. The average molecular weight is 483 g/mol. The minimum absolute atomic E-state index is 0.00987. The van der Waals surface area contributed by atoms with Crippen molar-refractivity contribution in [2.24, 2.45) is 0 Å². The van der Waals surface area contributed by atoms with Crippen LogP contribution in [0.5, 0.6) is 5.75 Å². The second-order valence-corrected chi connectivity index (χ2v) is 9.13. The number of hydrogen-bond acceptors (Lipinski definition) is 5. The van der Waals surface area contributed by atoms with E-state index in [0.717, 1.165) is 11.1 Å². The number of nitrogens with zero attached hydrogens (tertiary/aromatic N) is 1. The normalized spacial score (nSPS) is 15.8. The van der Waals surface area contributed by atoms with E-state index in [-0.39, 0.29) is 17.9 Å². The Hall–Kier alpha value is -4.39. The summed E-state index contributed by atoms with van der Waals surface area (Å²) in [6.45, 7) is 4.35. The number of para-hydroxylation sites is 1. The molecule has 0 saturated heterocycles. The molecule has 4 aromatic rings. The summed E-state index contributed by atoms with van der Waals surface area (Å²) in [5, 5.41) is 14.0. The second-order valence-electron chi connectivity index (χ2n) is 9.13. The highest BCUT2D eigenvalue weighted by Crippen LogP contribution is 2.40. The molecule has 1 aliphatic rings. The van der Waals surface area contributed by atoms with Gasteiger partial charge < -0.3 is 19.2 Å². The van der Waals surface area contributed by atoms with E-state index in [2.05, 4.69) is 18.8 Å². The summed E-state index contributed by atoms with van der Waals surface area (Å²) < 4.78 is 11.2. The molecule has 1 amide bonds. The van der Waals surface area contributed by atoms with Gasteiger partial charge in [-0.15, -0.1) is 0 Å². The number of carbonyl (C=O) groups is 2. The first-order valence-corrected chi connectivity index (χ1v) is 11.8. The van der Waals surface area contributed by atoms with Gasteiger partial charge in [0.15, 0.2) is 29.5 Å². The number of rotatable bonds is 7. The van der Waals surface area contributed by atoms with Crippen LogP contribution < -0.4 is 14.8 Å². The van der Waals surface area contributed by atoms with E-state index in [1.54, 1.807) is 36.7 Å². The van der Waals surface area contributed by atoms with Crippen LogP contribution in [0, 0.1) is 0 Å². The Labute approximate surface area is 208 Å². The molecule has 7 nitrogen and oxygen atoms in total. The number of benzene rings is 2. The molecule has 3 heterocycles. The molecule has 0 radical (unpaired) electrons.